The maximum Gasteiger partial charge on any atom is 0.306 e. The van der Waals surface area contributed by atoms with Crippen molar-refractivity contribution < 1.29 is 28.6 Å². The fourth-order valence-electron chi connectivity index (χ4n) is 10.7. The van der Waals surface area contributed by atoms with Crippen LogP contribution in [0.2, 0.25) is 0 Å². The number of carbonyl (C=O) groups excluding carboxylic acids is 3. The maximum atomic E-state index is 12.9. The van der Waals surface area contributed by atoms with Crippen molar-refractivity contribution in [1.29, 1.82) is 0 Å². The Kier molecular flexibility index (Phi) is 64.6. The second kappa shape index (κ2) is 66.4. The van der Waals surface area contributed by atoms with Crippen molar-refractivity contribution in [2.24, 2.45) is 0 Å². The Morgan fingerprint density at radius 3 is 0.753 bits per heavy atom. The summed E-state index contributed by atoms with van der Waals surface area (Å²) >= 11 is 0. The lowest BCUT2D eigenvalue weighted by Crippen LogP contribution is -2.30. The van der Waals surface area contributed by atoms with Crippen LogP contribution in [0, 0.1) is 0 Å². The van der Waals surface area contributed by atoms with Crippen molar-refractivity contribution in [1.82, 2.24) is 0 Å². The molecule has 0 saturated heterocycles. The molecule has 0 aliphatic rings. The quantitative estimate of drug-likeness (QED) is 0.0261. The molecule has 1 unspecified atom stereocenters. The number of hydrogen-bond donors (Lipinski definition) is 0. The Bertz CT molecular complexity index is 1240. The third-order valence-corrected chi connectivity index (χ3v) is 16.0. The molecule has 0 aliphatic carbocycles. The van der Waals surface area contributed by atoms with Crippen molar-refractivity contribution in [3.63, 3.8) is 0 Å². The number of hydrogen-bond acceptors (Lipinski definition) is 6. The summed E-state index contributed by atoms with van der Waals surface area (Å²) in [6, 6.07) is 0. The van der Waals surface area contributed by atoms with Gasteiger partial charge in [-0.05, 0) is 44.9 Å². The van der Waals surface area contributed by atoms with E-state index in [1.165, 1.54) is 276 Å². The summed E-state index contributed by atoms with van der Waals surface area (Å²) in [5.74, 6) is -0.855. The fourth-order valence-corrected chi connectivity index (χ4v) is 10.7. The second-order valence-corrected chi connectivity index (χ2v) is 23.8. The number of unbranched alkanes of at least 4 members (excludes halogenated alkanes) is 50. The first-order chi connectivity index (χ1) is 38.0. The van der Waals surface area contributed by atoms with E-state index in [2.05, 4.69) is 45.1 Å². The first kappa shape index (κ1) is 74.9. The molecule has 6 nitrogen and oxygen atoms in total. The number of carbonyl (C=O) groups is 3. The molecule has 0 radical (unpaired) electrons. The number of esters is 3. The highest BCUT2D eigenvalue weighted by atomic mass is 16.6. The highest BCUT2D eigenvalue weighted by Gasteiger charge is 2.19. The highest BCUT2D eigenvalue weighted by molar-refractivity contribution is 5.71. The minimum atomic E-state index is -0.773. The monoisotopic (exact) mass is 1080 g/mol. The van der Waals surface area contributed by atoms with Crippen LogP contribution in [0.1, 0.15) is 393 Å². The lowest BCUT2D eigenvalue weighted by molar-refractivity contribution is -0.167. The van der Waals surface area contributed by atoms with E-state index >= 15 is 0 Å². The molecule has 0 spiro atoms. The first-order valence-corrected chi connectivity index (χ1v) is 34.8. The zero-order chi connectivity index (χ0) is 55.7. The van der Waals surface area contributed by atoms with E-state index in [-0.39, 0.29) is 31.1 Å². The van der Waals surface area contributed by atoms with Crippen LogP contribution >= 0.6 is 0 Å². The van der Waals surface area contributed by atoms with Crippen molar-refractivity contribution in [2.75, 3.05) is 13.2 Å². The third kappa shape index (κ3) is 64.6. The SMILES string of the molecule is CCCC/C=C\C/C=C\CCCCCCCC(=O)OCC(COC(=O)CCCCCCCCCCCCCCCCCCCCCCCCCCCCCCCC)OC(=O)CCCCCCCCCCCCCCCCC. The Balaban J connectivity index is 4.12. The Morgan fingerprint density at radius 2 is 0.481 bits per heavy atom. The number of ether oxygens (including phenoxy) is 3. The fraction of sp³-hybridized carbons (Fsp3) is 0.901. The van der Waals surface area contributed by atoms with Gasteiger partial charge in [-0.1, -0.05) is 353 Å². The van der Waals surface area contributed by atoms with E-state index in [4.69, 9.17) is 14.2 Å². The first-order valence-electron chi connectivity index (χ1n) is 34.8. The molecule has 0 rings (SSSR count). The van der Waals surface area contributed by atoms with Crippen molar-refractivity contribution in [2.45, 2.75) is 399 Å². The van der Waals surface area contributed by atoms with Gasteiger partial charge in [0.05, 0.1) is 0 Å². The second-order valence-electron chi connectivity index (χ2n) is 23.8. The van der Waals surface area contributed by atoms with E-state index < -0.39 is 6.10 Å². The van der Waals surface area contributed by atoms with Gasteiger partial charge in [-0.2, -0.15) is 0 Å². The number of allylic oxidation sites excluding steroid dienone is 4. The number of rotatable bonds is 65. The minimum absolute atomic E-state index is 0.0696. The molecule has 0 heterocycles. The largest absolute Gasteiger partial charge is 0.462 e. The highest BCUT2D eigenvalue weighted by Crippen LogP contribution is 2.19. The minimum Gasteiger partial charge on any atom is -0.462 e. The van der Waals surface area contributed by atoms with Gasteiger partial charge in [-0.15, -0.1) is 0 Å². The Hall–Kier alpha value is -2.11. The Labute approximate surface area is 481 Å². The van der Waals surface area contributed by atoms with E-state index in [9.17, 15) is 14.4 Å². The summed E-state index contributed by atoms with van der Waals surface area (Å²) in [5.41, 5.74) is 0. The Morgan fingerprint density at radius 1 is 0.260 bits per heavy atom. The van der Waals surface area contributed by atoms with Crippen molar-refractivity contribution in [3.05, 3.63) is 24.3 Å². The summed E-state index contributed by atoms with van der Waals surface area (Å²) in [7, 11) is 0. The summed E-state index contributed by atoms with van der Waals surface area (Å²) < 4.78 is 17.0. The molecular formula is C71H134O6. The lowest BCUT2D eigenvalue weighted by atomic mass is 10.0. The van der Waals surface area contributed by atoms with Crippen molar-refractivity contribution >= 4 is 17.9 Å². The summed E-state index contributed by atoms with van der Waals surface area (Å²) in [4.78, 5) is 38.3. The molecule has 1 atom stereocenters. The molecule has 0 aromatic heterocycles. The van der Waals surface area contributed by atoms with E-state index in [1.807, 2.05) is 0 Å². The van der Waals surface area contributed by atoms with Crippen LogP contribution in [0.3, 0.4) is 0 Å². The lowest BCUT2D eigenvalue weighted by Gasteiger charge is -2.18. The average molecular weight is 1080 g/mol. The van der Waals surface area contributed by atoms with Crippen molar-refractivity contribution in [3.8, 4) is 0 Å². The van der Waals surface area contributed by atoms with Gasteiger partial charge in [0, 0.05) is 19.3 Å². The van der Waals surface area contributed by atoms with E-state index in [0.29, 0.717) is 19.3 Å². The smallest absolute Gasteiger partial charge is 0.306 e. The van der Waals surface area contributed by atoms with Gasteiger partial charge >= 0.3 is 17.9 Å². The standard InChI is InChI=1S/C71H134O6/c1-4-7-10-13-16-19-22-25-28-29-30-31-32-33-34-35-36-37-38-39-40-41-42-44-46-49-52-55-58-61-64-70(73)76-67-68(66-75-69(72)63-60-57-54-51-48-45-27-24-21-18-15-12-9-6-3)77-71(74)65-62-59-56-53-50-47-43-26-23-20-17-14-11-8-5-2/h15,18,24,27,68H,4-14,16-17,19-23,25-26,28-67H2,1-3H3/b18-15-,27-24-. The predicted octanol–water partition coefficient (Wildman–Crippen LogP) is 23.8. The van der Waals surface area contributed by atoms with Gasteiger partial charge in [0.25, 0.3) is 0 Å². The molecular weight excluding hydrogens is 949 g/mol. The average Bonchev–Trinajstić information content (AvgIpc) is 3.43. The molecule has 0 N–H and O–H groups in total. The predicted molar refractivity (Wildman–Crippen MR) is 335 cm³/mol. The third-order valence-electron chi connectivity index (χ3n) is 16.0. The molecule has 0 aliphatic heterocycles. The molecule has 0 fully saturated rings. The van der Waals surface area contributed by atoms with Gasteiger partial charge in [0.1, 0.15) is 13.2 Å². The van der Waals surface area contributed by atoms with Crippen LogP contribution in [0.4, 0.5) is 0 Å². The van der Waals surface area contributed by atoms with Crippen LogP contribution < -0.4 is 0 Å². The summed E-state index contributed by atoms with van der Waals surface area (Å²) in [6.45, 7) is 6.66. The molecule has 0 bridgehead atoms. The van der Waals surface area contributed by atoms with Gasteiger partial charge in [-0.3, -0.25) is 14.4 Å². The van der Waals surface area contributed by atoms with E-state index in [1.54, 1.807) is 0 Å². The van der Waals surface area contributed by atoms with Crippen LogP contribution in [0.25, 0.3) is 0 Å². The van der Waals surface area contributed by atoms with Gasteiger partial charge in [-0.25, -0.2) is 0 Å². The van der Waals surface area contributed by atoms with Crippen LogP contribution in [0.15, 0.2) is 24.3 Å². The topological polar surface area (TPSA) is 78.9 Å². The zero-order valence-electron chi connectivity index (χ0n) is 52.3. The zero-order valence-corrected chi connectivity index (χ0v) is 52.3. The molecule has 0 aromatic rings. The van der Waals surface area contributed by atoms with Gasteiger partial charge < -0.3 is 14.2 Å². The maximum absolute atomic E-state index is 12.9. The van der Waals surface area contributed by atoms with Crippen LogP contribution in [-0.4, -0.2) is 37.2 Å². The molecule has 6 heteroatoms. The molecule has 454 valence electrons. The molecule has 0 saturated carbocycles. The molecule has 0 aromatic carbocycles. The van der Waals surface area contributed by atoms with Crippen LogP contribution in [-0.2, 0) is 28.6 Å². The van der Waals surface area contributed by atoms with E-state index in [0.717, 1.165) is 77.0 Å². The normalized spacial score (nSPS) is 12.1. The van der Waals surface area contributed by atoms with Crippen LogP contribution in [0.5, 0.6) is 0 Å². The van der Waals surface area contributed by atoms with Gasteiger partial charge in [0.2, 0.25) is 0 Å². The summed E-state index contributed by atoms with van der Waals surface area (Å²) in [5, 5.41) is 0. The molecule has 77 heavy (non-hydrogen) atoms. The molecule has 0 amide bonds. The summed E-state index contributed by atoms with van der Waals surface area (Å²) in [6.07, 6.45) is 80.8. The van der Waals surface area contributed by atoms with Gasteiger partial charge in [0.15, 0.2) is 6.10 Å².